The fourth-order valence-electron chi connectivity index (χ4n) is 1.59. The Hall–Kier alpha value is -1.10. The van der Waals surface area contributed by atoms with E-state index >= 15 is 0 Å². The molecule has 1 aromatic rings. The summed E-state index contributed by atoms with van der Waals surface area (Å²) in [6.07, 6.45) is 0.137. The van der Waals surface area contributed by atoms with Crippen LogP contribution in [0.3, 0.4) is 0 Å². The quantitative estimate of drug-likeness (QED) is 0.649. The highest BCUT2D eigenvalue weighted by Crippen LogP contribution is 2.12. The second-order valence-electron chi connectivity index (χ2n) is 4.60. The fourth-order valence-corrected chi connectivity index (χ4v) is 1.59. The van der Waals surface area contributed by atoms with Crippen LogP contribution < -0.4 is 10.1 Å². The molecule has 0 saturated carbocycles. The van der Waals surface area contributed by atoms with Crippen molar-refractivity contribution in [2.75, 3.05) is 19.8 Å². The minimum atomic E-state index is -0.549. The molecule has 1 rings (SSSR count). The largest absolute Gasteiger partial charge is 0.491 e. The van der Waals surface area contributed by atoms with E-state index in [9.17, 15) is 5.11 Å². The lowest BCUT2D eigenvalue weighted by Gasteiger charge is -2.17. The second-order valence-corrected chi connectivity index (χ2v) is 4.60. The van der Waals surface area contributed by atoms with Crippen molar-refractivity contribution in [3.05, 3.63) is 29.8 Å². The summed E-state index contributed by atoms with van der Waals surface area (Å²) in [5, 5.41) is 21.6. The number of aryl methyl sites for hydroxylation is 1. The average molecular weight is 253 g/mol. The average Bonchev–Trinajstić information content (AvgIpc) is 2.34. The van der Waals surface area contributed by atoms with Crippen molar-refractivity contribution >= 4 is 0 Å². The van der Waals surface area contributed by atoms with Crippen molar-refractivity contribution in [1.82, 2.24) is 5.32 Å². The Morgan fingerprint density at radius 2 is 2.17 bits per heavy atom. The third-order valence-corrected chi connectivity index (χ3v) is 2.70. The van der Waals surface area contributed by atoms with Crippen molar-refractivity contribution in [3.63, 3.8) is 0 Å². The van der Waals surface area contributed by atoms with Gasteiger partial charge in [-0.1, -0.05) is 12.1 Å². The molecule has 0 fully saturated rings. The Labute approximate surface area is 109 Å². The third kappa shape index (κ3) is 6.00. The van der Waals surface area contributed by atoms with E-state index in [1.807, 2.05) is 38.1 Å². The van der Waals surface area contributed by atoms with Crippen LogP contribution in [0.4, 0.5) is 0 Å². The van der Waals surface area contributed by atoms with Crippen LogP contribution in [0, 0.1) is 6.92 Å². The lowest BCUT2D eigenvalue weighted by atomic mass is 10.2. The van der Waals surface area contributed by atoms with Gasteiger partial charge in [-0.2, -0.15) is 0 Å². The van der Waals surface area contributed by atoms with Crippen molar-refractivity contribution in [2.45, 2.75) is 32.4 Å². The number of rotatable bonds is 8. The highest BCUT2D eigenvalue weighted by Gasteiger charge is 2.07. The first kappa shape index (κ1) is 15.0. The maximum Gasteiger partial charge on any atom is 0.119 e. The molecule has 0 aliphatic carbocycles. The molecule has 2 unspecified atom stereocenters. The van der Waals surface area contributed by atoms with Gasteiger partial charge in [0.05, 0.1) is 0 Å². The molecule has 0 aliphatic rings. The third-order valence-electron chi connectivity index (χ3n) is 2.70. The summed E-state index contributed by atoms with van der Waals surface area (Å²) in [5.74, 6) is 0.775. The summed E-state index contributed by atoms with van der Waals surface area (Å²) in [7, 11) is 0. The molecule has 0 aromatic heterocycles. The molecule has 0 bridgehead atoms. The molecule has 1 aromatic carbocycles. The van der Waals surface area contributed by atoms with Crippen LogP contribution in [-0.4, -0.2) is 42.1 Å². The van der Waals surface area contributed by atoms with Gasteiger partial charge in [-0.3, -0.25) is 0 Å². The number of aliphatic hydroxyl groups excluding tert-OH is 2. The number of aliphatic hydroxyl groups is 2. The van der Waals surface area contributed by atoms with Crippen LogP contribution in [0.15, 0.2) is 24.3 Å². The molecular weight excluding hydrogens is 230 g/mol. The van der Waals surface area contributed by atoms with Gasteiger partial charge in [-0.05, 0) is 38.0 Å². The van der Waals surface area contributed by atoms with Crippen LogP contribution in [-0.2, 0) is 0 Å². The predicted molar refractivity (Wildman–Crippen MR) is 71.8 cm³/mol. The lowest BCUT2D eigenvalue weighted by molar-refractivity contribution is 0.103. The molecule has 0 saturated heterocycles. The summed E-state index contributed by atoms with van der Waals surface area (Å²) in [6, 6.07) is 7.94. The SMILES string of the molecule is Cc1cccc(OCC(O)CNC(C)CCO)c1. The minimum absolute atomic E-state index is 0.157. The smallest absolute Gasteiger partial charge is 0.119 e. The van der Waals surface area contributed by atoms with Gasteiger partial charge in [0.15, 0.2) is 0 Å². The first-order valence-corrected chi connectivity index (χ1v) is 6.33. The van der Waals surface area contributed by atoms with E-state index in [1.165, 1.54) is 0 Å². The van der Waals surface area contributed by atoms with Gasteiger partial charge < -0.3 is 20.3 Å². The van der Waals surface area contributed by atoms with Gasteiger partial charge in [0.2, 0.25) is 0 Å². The number of ether oxygens (including phenoxy) is 1. The Morgan fingerprint density at radius 3 is 2.83 bits per heavy atom. The van der Waals surface area contributed by atoms with Crippen LogP contribution >= 0.6 is 0 Å². The van der Waals surface area contributed by atoms with Gasteiger partial charge in [0.1, 0.15) is 18.5 Å². The molecule has 3 N–H and O–H groups in total. The molecule has 0 amide bonds. The summed E-state index contributed by atoms with van der Waals surface area (Å²) >= 11 is 0. The van der Waals surface area contributed by atoms with Gasteiger partial charge in [0, 0.05) is 19.2 Å². The summed E-state index contributed by atoms with van der Waals surface area (Å²) < 4.78 is 5.50. The monoisotopic (exact) mass is 253 g/mol. The minimum Gasteiger partial charge on any atom is -0.491 e. The fraction of sp³-hybridized carbons (Fsp3) is 0.571. The Morgan fingerprint density at radius 1 is 1.39 bits per heavy atom. The Kier molecular flexibility index (Phi) is 6.72. The van der Waals surface area contributed by atoms with E-state index in [0.29, 0.717) is 13.0 Å². The Balaban J connectivity index is 2.22. The first-order chi connectivity index (χ1) is 8.61. The van der Waals surface area contributed by atoms with E-state index in [1.54, 1.807) is 0 Å². The number of nitrogens with one attached hydrogen (secondary N) is 1. The molecule has 4 nitrogen and oxygen atoms in total. The van der Waals surface area contributed by atoms with Crippen molar-refractivity contribution in [3.8, 4) is 5.75 Å². The van der Waals surface area contributed by atoms with Crippen molar-refractivity contribution < 1.29 is 14.9 Å². The zero-order valence-electron chi connectivity index (χ0n) is 11.1. The highest BCUT2D eigenvalue weighted by molar-refractivity contribution is 5.27. The molecule has 0 spiro atoms. The number of benzene rings is 1. The molecule has 0 heterocycles. The van der Waals surface area contributed by atoms with Crippen LogP contribution in [0.1, 0.15) is 18.9 Å². The van der Waals surface area contributed by atoms with Gasteiger partial charge >= 0.3 is 0 Å². The molecular formula is C14H23NO3. The number of hydrogen-bond acceptors (Lipinski definition) is 4. The predicted octanol–water partition coefficient (Wildman–Crippen LogP) is 1.10. The van der Waals surface area contributed by atoms with E-state index in [2.05, 4.69) is 5.32 Å². The normalized spacial score (nSPS) is 14.2. The second kappa shape index (κ2) is 8.08. The summed E-state index contributed by atoms with van der Waals surface area (Å²) in [5.41, 5.74) is 1.14. The summed E-state index contributed by atoms with van der Waals surface area (Å²) in [6.45, 7) is 4.87. The number of hydrogen-bond donors (Lipinski definition) is 3. The standard InChI is InChI=1S/C14H23NO3/c1-11-4-3-5-14(8-11)18-10-13(17)9-15-12(2)6-7-16/h3-5,8,12-13,15-17H,6-7,9-10H2,1-2H3. The zero-order chi connectivity index (χ0) is 13.4. The molecule has 2 atom stereocenters. The zero-order valence-corrected chi connectivity index (χ0v) is 11.1. The van der Waals surface area contributed by atoms with Crippen LogP contribution in [0.25, 0.3) is 0 Å². The topological polar surface area (TPSA) is 61.7 Å². The van der Waals surface area contributed by atoms with Crippen molar-refractivity contribution in [2.24, 2.45) is 0 Å². The van der Waals surface area contributed by atoms with E-state index in [0.717, 1.165) is 11.3 Å². The van der Waals surface area contributed by atoms with E-state index < -0.39 is 6.10 Å². The van der Waals surface area contributed by atoms with Crippen LogP contribution in [0.2, 0.25) is 0 Å². The molecule has 0 aliphatic heterocycles. The summed E-state index contributed by atoms with van der Waals surface area (Å²) in [4.78, 5) is 0. The van der Waals surface area contributed by atoms with Gasteiger partial charge in [0.25, 0.3) is 0 Å². The van der Waals surface area contributed by atoms with Gasteiger partial charge in [-0.15, -0.1) is 0 Å². The molecule has 0 radical (unpaired) electrons. The maximum absolute atomic E-state index is 9.75. The van der Waals surface area contributed by atoms with E-state index in [4.69, 9.17) is 9.84 Å². The van der Waals surface area contributed by atoms with Crippen LogP contribution in [0.5, 0.6) is 5.75 Å². The highest BCUT2D eigenvalue weighted by atomic mass is 16.5. The lowest BCUT2D eigenvalue weighted by Crippen LogP contribution is -2.37. The maximum atomic E-state index is 9.75. The molecule has 4 heteroatoms. The van der Waals surface area contributed by atoms with E-state index in [-0.39, 0.29) is 19.3 Å². The van der Waals surface area contributed by atoms with Crippen molar-refractivity contribution in [1.29, 1.82) is 0 Å². The molecule has 18 heavy (non-hydrogen) atoms. The van der Waals surface area contributed by atoms with Gasteiger partial charge in [-0.25, -0.2) is 0 Å². The Bertz CT molecular complexity index is 344. The molecule has 102 valence electrons. The first-order valence-electron chi connectivity index (χ1n) is 6.33.